The zero-order valence-corrected chi connectivity index (χ0v) is 6.41. The van der Waals surface area contributed by atoms with Crippen molar-refractivity contribution in [3.8, 4) is 0 Å². The quantitative estimate of drug-likeness (QED) is 0.449. The zero-order chi connectivity index (χ0) is 8.53. The molecule has 0 spiro atoms. The van der Waals surface area contributed by atoms with Crippen LogP contribution in [0.15, 0.2) is 0 Å². The Hall–Kier alpha value is -0.810. The second-order valence-corrected chi connectivity index (χ2v) is 1.66. The number of aliphatic hydroxyl groups is 1. The first-order valence-electron chi connectivity index (χ1n) is 3.20. The average molecular weight is 164 g/mol. The number of methoxy groups -OCH3 is 1. The minimum Gasteiger partial charge on any atom is -0.432 e. The highest BCUT2D eigenvalue weighted by Gasteiger charge is 2.00. The maximum atomic E-state index is 10.5. The van der Waals surface area contributed by atoms with E-state index in [2.05, 4.69) is 14.2 Å². The lowest BCUT2D eigenvalue weighted by Gasteiger charge is -2.03. The molecule has 5 nitrogen and oxygen atoms in total. The fourth-order valence-corrected chi connectivity index (χ4v) is 0.379. The zero-order valence-electron chi connectivity index (χ0n) is 6.41. The van der Waals surface area contributed by atoms with Crippen LogP contribution in [0.25, 0.3) is 0 Å². The van der Waals surface area contributed by atoms with E-state index < -0.39 is 6.16 Å². The predicted octanol–water partition coefficient (Wildman–Crippen LogP) is -0.222. The molecule has 0 amide bonds. The highest BCUT2D eigenvalue weighted by atomic mass is 16.7. The molecular weight excluding hydrogens is 152 g/mol. The number of carbonyl (C=O) groups excluding carboxylic acids is 1. The summed E-state index contributed by atoms with van der Waals surface area (Å²) in [6.07, 6.45) is -0.781. The Bertz CT molecular complexity index is 103. The lowest BCUT2D eigenvalue weighted by molar-refractivity contribution is 0.0281. The van der Waals surface area contributed by atoms with E-state index in [0.29, 0.717) is 6.61 Å². The number of rotatable bonds is 5. The first-order chi connectivity index (χ1) is 5.31. The lowest BCUT2D eigenvalue weighted by Crippen LogP contribution is -2.13. The minimum absolute atomic E-state index is 0.0359. The molecule has 0 unspecified atom stereocenters. The van der Waals surface area contributed by atoms with Crippen molar-refractivity contribution in [1.82, 2.24) is 0 Å². The van der Waals surface area contributed by atoms with Crippen molar-refractivity contribution in [2.75, 3.05) is 33.5 Å². The smallest absolute Gasteiger partial charge is 0.432 e. The second kappa shape index (κ2) is 7.30. The van der Waals surface area contributed by atoms with Gasteiger partial charge in [0.25, 0.3) is 0 Å². The molecule has 0 aromatic rings. The van der Waals surface area contributed by atoms with E-state index in [9.17, 15) is 4.79 Å². The first-order valence-corrected chi connectivity index (χ1v) is 3.20. The molecular formula is C6H12O5. The van der Waals surface area contributed by atoms with Crippen LogP contribution in [0.3, 0.4) is 0 Å². The van der Waals surface area contributed by atoms with Crippen LogP contribution in [0.4, 0.5) is 4.79 Å². The van der Waals surface area contributed by atoms with Crippen LogP contribution in [0, 0.1) is 0 Å². The number of hydrogen-bond donors (Lipinski definition) is 1. The third-order valence-corrected chi connectivity index (χ3v) is 0.819. The van der Waals surface area contributed by atoms with Gasteiger partial charge in [-0.1, -0.05) is 0 Å². The molecule has 0 atom stereocenters. The highest BCUT2D eigenvalue weighted by molar-refractivity contribution is 5.59. The summed E-state index contributed by atoms with van der Waals surface area (Å²) in [4.78, 5) is 10.5. The fourth-order valence-electron chi connectivity index (χ4n) is 0.379. The van der Waals surface area contributed by atoms with Gasteiger partial charge in [-0.25, -0.2) is 4.79 Å². The van der Waals surface area contributed by atoms with Crippen LogP contribution in [0.1, 0.15) is 0 Å². The molecule has 0 rings (SSSR count). The van der Waals surface area contributed by atoms with E-state index in [1.165, 1.54) is 7.11 Å². The molecule has 0 aliphatic rings. The Kier molecular flexibility index (Phi) is 6.76. The third kappa shape index (κ3) is 7.08. The number of hydrogen-bond acceptors (Lipinski definition) is 5. The molecule has 0 aromatic carbocycles. The summed E-state index contributed by atoms with van der Waals surface area (Å²) < 4.78 is 13.5. The summed E-state index contributed by atoms with van der Waals surface area (Å²) in [7, 11) is 1.50. The Balaban J connectivity index is 3.09. The second-order valence-electron chi connectivity index (χ2n) is 1.66. The summed E-state index contributed by atoms with van der Waals surface area (Å²) in [6, 6.07) is 0. The largest absolute Gasteiger partial charge is 0.508 e. The molecule has 0 aromatic heterocycles. The van der Waals surface area contributed by atoms with Crippen LogP contribution >= 0.6 is 0 Å². The summed E-state index contributed by atoms with van der Waals surface area (Å²) in [5, 5.41) is 8.23. The maximum Gasteiger partial charge on any atom is 0.508 e. The van der Waals surface area contributed by atoms with E-state index in [-0.39, 0.29) is 19.8 Å². The summed E-state index contributed by atoms with van der Waals surface area (Å²) in [6.45, 7) is 0.278. The summed E-state index contributed by atoms with van der Waals surface area (Å²) in [5.74, 6) is 0. The van der Waals surface area contributed by atoms with Gasteiger partial charge in [-0.05, 0) is 0 Å². The Morgan fingerprint density at radius 2 is 1.91 bits per heavy atom. The molecule has 0 saturated carbocycles. The van der Waals surface area contributed by atoms with Gasteiger partial charge < -0.3 is 19.3 Å². The summed E-state index contributed by atoms with van der Waals surface area (Å²) in [5.41, 5.74) is 0. The molecule has 0 heterocycles. The number of ether oxygens (including phenoxy) is 3. The Morgan fingerprint density at radius 3 is 2.45 bits per heavy atom. The Labute approximate surface area is 64.9 Å². The molecule has 0 bridgehead atoms. The molecule has 5 heteroatoms. The van der Waals surface area contributed by atoms with E-state index >= 15 is 0 Å². The van der Waals surface area contributed by atoms with Gasteiger partial charge >= 0.3 is 6.16 Å². The van der Waals surface area contributed by atoms with Crippen LogP contribution < -0.4 is 0 Å². The summed E-state index contributed by atoms with van der Waals surface area (Å²) >= 11 is 0. The third-order valence-electron chi connectivity index (χ3n) is 0.819. The minimum atomic E-state index is -0.781. The maximum absolute atomic E-state index is 10.5. The van der Waals surface area contributed by atoms with Gasteiger partial charge in [0.05, 0.1) is 13.2 Å². The van der Waals surface area contributed by atoms with E-state index in [4.69, 9.17) is 5.11 Å². The lowest BCUT2D eigenvalue weighted by atomic mass is 10.8. The van der Waals surface area contributed by atoms with Crippen molar-refractivity contribution in [2.45, 2.75) is 0 Å². The topological polar surface area (TPSA) is 65.0 Å². The monoisotopic (exact) mass is 164 g/mol. The molecule has 1 N–H and O–H groups in total. The molecule has 0 aliphatic heterocycles. The van der Waals surface area contributed by atoms with Crippen molar-refractivity contribution < 1.29 is 24.1 Å². The van der Waals surface area contributed by atoms with Crippen LogP contribution in [0.5, 0.6) is 0 Å². The van der Waals surface area contributed by atoms with Crippen LogP contribution in [-0.4, -0.2) is 44.8 Å². The normalized spacial score (nSPS) is 9.27. The number of carbonyl (C=O) groups is 1. The fraction of sp³-hybridized carbons (Fsp3) is 0.833. The molecule has 0 saturated heterocycles. The molecule has 11 heavy (non-hydrogen) atoms. The van der Waals surface area contributed by atoms with Crippen molar-refractivity contribution >= 4 is 6.16 Å². The van der Waals surface area contributed by atoms with Crippen molar-refractivity contribution in [3.05, 3.63) is 0 Å². The molecule has 0 fully saturated rings. The van der Waals surface area contributed by atoms with E-state index in [1.807, 2.05) is 0 Å². The number of aliphatic hydroxyl groups excluding tert-OH is 1. The van der Waals surface area contributed by atoms with Gasteiger partial charge in [-0.15, -0.1) is 0 Å². The van der Waals surface area contributed by atoms with Crippen molar-refractivity contribution in [2.24, 2.45) is 0 Å². The predicted molar refractivity (Wildman–Crippen MR) is 36.3 cm³/mol. The van der Waals surface area contributed by atoms with Gasteiger partial charge in [0, 0.05) is 7.11 Å². The van der Waals surface area contributed by atoms with Gasteiger partial charge in [-0.2, -0.15) is 0 Å². The molecule has 0 radical (unpaired) electrons. The van der Waals surface area contributed by atoms with Gasteiger partial charge in [0.1, 0.15) is 13.2 Å². The molecule has 0 aliphatic carbocycles. The van der Waals surface area contributed by atoms with E-state index in [1.54, 1.807) is 0 Å². The SMILES string of the molecule is COCCOC(=O)OCCO. The van der Waals surface area contributed by atoms with Crippen molar-refractivity contribution in [1.29, 1.82) is 0 Å². The van der Waals surface area contributed by atoms with E-state index in [0.717, 1.165) is 0 Å². The Morgan fingerprint density at radius 1 is 1.27 bits per heavy atom. The first kappa shape index (κ1) is 10.2. The van der Waals surface area contributed by atoms with Crippen molar-refractivity contribution in [3.63, 3.8) is 0 Å². The van der Waals surface area contributed by atoms with Crippen LogP contribution in [-0.2, 0) is 14.2 Å². The van der Waals surface area contributed by atoms with Gasteiger partial charge in [-0.3, -0.25) is 0 Å². The van der Waals surface area contributed by atoms with Crippen LogP contribution in [0.2, 0.25) is 0 Å². The van der Waals surface area contributed by atoms with Gasteiger partial charge in [0.2, 0.25) is 0 Å². The molecule has 66 valence electrons. The standard InChI is InChI=1S/C6H12O5/c1-9-4-5-11-6(8)10-3-2-7/h7H,2-5H2,1H3. The van der Waals surface area contributed by atoms with Gasteiger partial charge in [0.15, 0.2) is 0 Å². The highest BCUT2D eigenvalue weighted by Crippen LogP contribution is 1.84. The average Bonchev–Trinajstić information content (AvgIpc) is 2.01.